The lowest BCUT2D eigenvalue weighted by Crippen LogP contribution is -2.58. The zero-order valence-corrected chi connectivity index (χ0v) is 14.2. The van der Waals surface area contributed by atoms with Crippen LogP contribution in [0.15, 0.2) is 30.3 Å². The number of amides is 1. The molecule has 0 unspecified atom stereocenters. The fraction of sp³-hybridized carbons (Fsp3) is 0.611. The molecule has 0 aliphatic heterocycles. The van der Waals surface area contributed by atoms with E-state index in [-0.39, 0.29) is 17.5 Å². The van der Waals surface area contributed by atoms with Gasteiger partial charge in [0, 0.05) is 18.7 Å². The van der Waals surface area contributed by atoms with Crippen LogP contribution >= 0.6 is 0 Å². The minimum Gasteiger partial charge on any atom is -0.356 e. The van der Waals surface area contributed by atoms with Crippen LogP contribution in [0.3, 0.4) is 0 Å². The number of halogens is 3. The van der Waals surface area contributed by atoms with E-state index in [0.29, 0.717) is 12.3 Å². The average molecular weight is 343 g/mol. The maximum absolute atomic E-state index is 13.8. The van der Waals surface area contributed by atoms with Gasteiger partial charge in [0.05, 0.1) is 0 Å². The summed E-state index contributed by atoms with van der Waals surface area (Å²) < 4.78 is 46.3. The molecule has 0 heterocycles. The summed E-state index contributed by atoms with van der Waals surface area (Å²) in [5.41, 5.74) is -3.20. The quantitative estimate of drug-likeness (QED) is 0.896. The van der Waals surface area contributed by atoms with Crippen LogP contribution < -0.4 is 5.32 Å². The molecular formula is C18H24F3NO2. The Labute approximate surface area is 140 Å². The highest BCUT2D eigenvalue weighted by Gasteiger charge is 2.62. The lowest BCUT2D eigenvalue weighted by molar-refractivity contribution is -0.266. The van der Waals surface area contributed by atoms with E-state index in [1.54, 1.807) is 6.07 Å². The van der Waals surface area contributed by atoms with Crippen LogP contribution in [0.1, 0.15) is 38.7 Å². The molecule has 1 aliphatic carbocycles. The van der Waals surface area contributed by atoms with Gasteiger partial charge in [-0.3, -0.25) is 4.79 Å². The number of benzene rings is 1. The van der Waals surface area contributed by atoms with E-state index in [4.69, 9.17) is 4.74 Å². The minimum atomic E-state index is -4.86. The first-order valence-corrected chi connectivity index (χ1v) is 8.20. The van der Waals surface area contributed by atoms with Crippen LogP contribution in [-0.4, -0.2) is 25.2 Å². The molecule has 0 radical (unpaired) electrons. The van der Waals surface area contributed by atoms with E-state index in [0.717, 1.165) is 20.0 Å². The van der Waals surface area contributed by atoms with E-state index in [9.17, 15) is 18.0 Å². The molecular weight excluding hydrogens is 319 g/mol. The number of nitrogens with one attached hydrogen (secondary N) is 1. The third-order valence-corrected chi connectivity index (χ3v) is 4.95. The van der Waals surface area contributed by atoms with E-state index in [1.807, 2.05) is 6.92 Å². The number of carbonyl (C=O) groups excluding carboxylic acids is 1. The molecule has 1 N–H and O–H groups in total. The molecule has 1 fully saturated rings. The SMILES string of the molecule is CO[C@@](C(=O)N[C@@H]1CC[C@@H](C)C[C@@H]1C)(c1ccccc1)C(F)(F)F. The van der Waals surface area contributed by atoms with Crippen LogP contribution in [0.4, 0.5) is 13.2 Å². The van der Waals surface area contributed by atoms with Crippen molar-refractivity contribution < 1.29 is 22.7 Å². The van der Waals surface area contributed by atoms with Gasteiger partial charge in [0.1, 0.15) is 0 Å². The molecule has 1 aromatic carbocycles. The highest BCUT2D eigenvalue weighted by molar-refractivity contribution is 5.88. The van der Waals surface area contributed by atoms with Crippen LogP contribution in [0.25, 0.3) is 0 Å². The molecule has 0 bridgehead atoms. The lowest BCUT2D eigenvalue weighted by Gasteiger charge is -2.38. The van der Waals surface area contributed by atoms with Gasteiger partial charge in [-0.25, -0.2) is 0 Å². The van der Waals surface area contributed by atoms with Crippen LogP contribution in [0.5, 0.6) is 0 Å². The summed E-state index contributed by atoms with van der Waals surface area (Å²) in [6.45, 7) is 4.08. The summed E-state index contributed by atoms with van der Waals surface area (Å²) in [6, 6.07) is 6.80. The van der Waals surface area contributed by atoms with Crippen molar-refractivity contribution in [2.24, 2.45) is 11.8 Å². The molecule has 2 rings (SSSR count). The smallest absolute Gasteiger partial charge is 0.356 e. The summed E-state index contributed by atoms with van der Waals surface area (Å²) in [5, 5.41) is 2.60. The number of ether oxygens (including phenoxy) is 1. The second-order valence-corrected chi connectivity index (χ2v) is 6.72. The van der Waals surface area contributed by atoms with Gasteiger partial charge in [0.15, 0.2) is 0 Å². The zero-order valence-electron chi connectivity index (χ0n) is 14.2. The van der Waals surface area contributed by atoms with E-state index in [1.165, 1.54) is 24.3 Å². The Hall–Kier alpha value is -1.56. The number of hydrogen-bond donors (Lipinski definition) is 1. The Morgan fingerprint density at radius 2 is 1.79 bits per heavy atom. The first kappa shape index (κ1) is 18.8. The first-order valence-electron chi connectivity index (χ1n) is 8.20. The van der Waals surface area contributed by atoms with E-state index < -0.39 is 17.7 Å². The summed E-state index contributed by atoms with van der Waals surface area (Å²) in [6.07, 6.45) is -2.40. The van der Waals surface area contributed by atoms with Gasteiger partial charge in [0.2, 0.25) is 0 Å². The summed E-state index contributed by atoms with van der Waals surface area (Å²) in [5.74, 6) is -0.483. The molecule has 1 saturated carbocycles. The van der Waals surface area contributed by atoms with Crippen molar-refractivity contribution in [3.63, 3.8) is 0 Å². The van der Waals surface area contributed by atoms with Crippen molar-refractivity contribution >= 4 is 5.91 Å². The van der Waals surface area contributed by atoms with Gasteiger partial charge in [-0.2, -0.15) is 13.2 Å². The molecule has 24 heavy (non-hydrogen) atoms. The molecule has 0 aromatic heterocycles. The summed E-state index contributed by atoms with van der Waals surface area (Å²) in [4.78, 5) is 12.7. The maximum Gasteiger partial charge on any atom is 0.430 e. The number of methoxy groups -OCH3 is 1. The lowest BCUT2D eigenvalue weighted by atomic mass is 9.79. The van der Waals surface area contributed by atoms with Crippen molar-refractivity contribution in [2.45, 2.75) is 50.9 Å². The standard InChI is InChI=1S/C18H24F3NO2/c1-12-9-10-15(13(2)11-12)22-16(23)17(24-3,18(19,20)21)14-7-5-4-6-8-14/h4-8,12-13,15H,9-11H2,1-3H3,(H,22,23)/t12-,13+,15-,17-/m1/s1. The first-order chi connectivity index (χ1) is 11.2. The van der Waals surface area contributed by atoms with E-state index >= 15 is 0 Å². The Balaban J connectivity index is 2.32. The van der Waals surface area contributed by atoms with Gasteiger partial charge in [-0.15, -0.1) is 0 Å². The molecule has 6 heteroatoms. The van der Waals surface area contributed by atoms with Crippen molar-refractivity contribution in [3.8, 4) is 0 Å². The van der Waals surface area contributed by atoms with Gasteiger partial charge in [-0.1, -0.05) is 44.2 Å². The molecule has 1 aliphatic rings. The van der Waals surface area contributed by atoms with Crippen LogP contribution in [0, 0.1) is 11.8 Å². The third-order valence-electron chi connectivity index (χ3n) is 4.95. The predicted molar refractivity (Wildman–Crippen MR) is 85.3 cm³/mol. The Bertz CT molecular complexity index is 561. The Kier molecular flexibility index (Phi) is 5.58. The molecule has 1 aromatic rings. The fourth-order valence-corrected chi connectivity index (χ4v) is 3.57. The molecule has 4 atom stereocenters. The molecule has 0 saturated heterocycles. The summed E-state index contributed by atoms with van der Waals surface area (Å²) >= 11 is 0. The van der Waals surface area contributed by atoms with Gasteiger partial charge >= 0.3 is 6.18 Å². The molecule has 1 amide bonds. The van der Waals surface area contributed by atoms with Gasteiger partial charge in [-0.05, 0) is 31.1 Å². The topological polar surface area (TPSA) is 38.3 Å². The van der Waals surface area contributed by atoms with Crippen molar-refractivity contribution in [1.82, 2.24) is 5.32 Å². The van der Waals surface area contributed by atoms with Crippen molar-refractivity contribution in [3.05, 3.63) is 35.9 Å². The van der Waals surface area contributed by atoms with Crippen molar-refractivity contribution in [2.75, 3.05) is 7.11 Å². The Morgan fingerprint density at radius 3 is 2.29 bits per heavy atom. The molecule has 134 valence electrons. The highest BCUT2D eigenvalue weighted by Crippen LogP contribution is 2.42. The number of rotatable bonds is 4. The number of alkyl halides is 3. The minimum absolute atomic E-state index is 0.135. The second kappa shape index (κ2) is 7.13. The number of hydrogen-bond acceptors (Lipinski definition) is 2. The average Bonchev–Trinajstić information content (AvgIpc) is 2.51. The van der Waals surface area contributed by atoms with Crippen molar-refractivity contribution in [1.29, 1.82) is 0 Å². The van der Waals surface area contributed by atoms with Gasteiger partial charge in [0.25, 0.3) is 11.5 Å². The normalized spacial score (nSPS) is 27.3. The molecule has 0 spiro atoms. The molecule has 3 nitrogen and oxygen atoms in total. The largest absolute Gasteiger partial charge is 0.430 e. The predicted octanol–water partition coefficient (Wildman–Crippen LogP) is 4.03. The second-order valence-electron chi connectivity index (χ2n) is 6.72. The van der Waals surface area contributed by atoms with Gasteiger partial charge < -0.3 is 10.1 Å². The summed E-state index contributed by atoms with van der Waals surface area (Å²) in [7, 11) is 0.923. The third kappa shape index (κ3) is 3.43. The fourth-order valence-electron chi connectivity index (χ4n) is 3.57. The Morgan fingerprint density at radius 1 is 1.17 bits per heavy atom. The van der Waals surface area contributed by atoms with Crippen LogP contribution in [-0.2, 0) is 15.1 Å². The zero-order chi connectivity index (χ0) is 18.0. The number of carbonyl (C=O) groups is 1. The highest BCUT2D eigenvalue weighted by atomic mass is 19.4. The monoisotopic (exact) mass is 343 g/mol. The van der Waals surface area contributed by atoms with E-state index in [2.05, 4.69) is 12.2 Å². The van der Waals surface area contributed by atoms with Crippen LogP contribution in [0.2, 0.25) is 0 Å². The maximum atomic E-state index is 13.8.